The van der Waals surface area contributed by atoms with E-state index >= 15 is 0 Å². The highest BCUT2D eigenvalue weighted by Gasteiger charge is 2.31. The lowest BCUT2D eigenvalue weighted by Crippen LogP contribution is -2.07. The average molecular weight is 369 g/mol. The highest BCUT2D eigenvalue weighted by molar-refractivity contribution is 6.34. The van der Waals surface area contributed by atoms with Crippen molar-refractivity contribution in [3.8, 4) is 17.0 Å². The summed E-state index contributed by atoms with van der Waals surface area (Å²) in [4.78, 5) is 0. The number of hydrogen-bond acceptors (Lipinski definition) is 4. The zero-order valence-electron chi connectivity index (χ0n) is 13.0. The molecule has 4 nitrogen and oxygen atoms in total. The van der Waals surface area contributed by atoms with E-state index in [1.807, 2.05) is 0 Å². The van der Waals surface area contributed by atoms with Crippen molar-refractivity contribution in [2.75, 3.05) is 13.9 Å². The van der Waals surface area contributed by atoms with E-state index in [4.69, 9.17) is 21.1 Å². The maximum Gasteiger partial charge on any atom is 0.416 e. The van der Waals surface area contributed by atoms with Crippen molar-refractivity contribution < 1.29 is 22.6 Å². The molecule has 1 heterocycles. The second kappa shape index (κ2) is 6.85. The topological polar surface area (TPSA) is 44.2 Å². The minimum Gasteiger partial charge on any atom is -0.467 e. The minimum atomic E-state index is -4.49. The van der Waals surface area contributed by atoms with Gasteiger partial charge >= 0.3 is 6.18 Å². The Labute approximate surface area is 146 Å². The lowest BCUT2D eigenvalue weighted by atomic mass is 10.0. The fourth-order valence-corrected chi connectivity index (χ4v) is 2.61. The molecule has 0 amide bonds. The van der Waals surface area contributed by atoms with Crippen molar-refractivity contribution in [3.05, 3.63) is 53.2 Å². The van der Waals surface area contributed by atoms with Crippen LogP contribution in [0.15, 0.2) is 42.5 Å². The monoisotopic (exact) mass is 368 g/mol. The number of ether oxygens (including phenoxy) is 2. The average Bonchev–Trinajstić information content (AvgIpc) is 2.60. The van der Waals surface area contributed by atoms with Crippen LogP contribution in [0.25, 0.3) is 22.0 Å². The van der Waals surface area contributed by atoms with E-state index in [1.54, 1.807) is 24.3 Å². The van der Waals surface area contributed by atoms with Crippen molar-refractivity contribution in [1.82, 2.24) is 10.2 Å². The highest BCUT2D eigenvalue weighted by atomic mass is 35.5. The summed E-state index contributed by atoms with van der Waals surface area (Å²) in [6.45, 7) is -0.201. The fourth-order valence-electron chi connectivity index (χ4n) is 2.41. The van der Waals surface area contributed by atoms with Crippen molar-refractivity contribution in [3.63, 3.8) is 0 Å². The molecule has 0 atom stereocenters. The molecule has 0 saturated heterocycles. The molecule has 2 aromatic carbocycles. The van der Waals surface area contributed by atoms with E-state index in [2.05, 4.69) is 10.2 Å². The van der Waals surface area contributed by atoms with Gasteiger partial charge in [-0.15, -0.1) is 10.2 Å². The zero-order valence-corrected chi connectivity index (χ0v) is 13.7. The summed E-state index contributed by atoms with van der Waals surface area (Å²) in [6, 6.07) is 10.3. The Morgan fingerprint density at radius 3 is 2.44 bits per heavy atom. The van der Waals surface area contributed by atoms with Gasteiger partial charge in [0.25, 0.3) is 0 Å². The first-order valence-electron chi connectivity index (χ1n) is 7.16. The lowest BCUT2D eigenvalue weighted by molar-refractivity contribution is -0.137. The number of halogens is 4. The SMILES string of the molecule is COCOc1cc(C(F)(F)F)ccc1-c1nnc(Cl)c2ccccc12. The summed E-state index contributed by atoms with van der Waals surface area (Å²) >= 11 is 6.05. The van der Waals surface area contributed by atoms with Crippen LogP contribution in [0.2, 0.25) is 5.15 Å². The number of methoxy groups -OCH3 is 1. The summed E-state index contributed by atoms with van der Waals surface area (Å²) in [5.74, 6) is -0.00143. The fraction of sp³-hybridized carbons (Fsp3) is 0.176. The van der Waals surface area contributed by atoms with Crippen molar-refractivity contribution in [2.45, 2.75) is 6.18 Å². The molecule has 130 valence electrons. The lowest BCUT2D eigenvalue weighted by Gasteiger charge is -2.15. The van der Waals surface area contributed by atoms with Gasteiger partial charge in [-0.25, -0.2) is 0 Å². The number of alkyl halides is 3. The van der Waals surface area contributed by atoms with Gasteiger partial charge in [0.15, 0.2) is 11.9 Å². The van der Waals surface area contributed by atoms with Crippen LogP contribution in [0.5, 0.6) is 5.75 Å². The molecule has 0 aliphatic rings. The molecule has 25 heavy (non-hydrogen) atoms. The first kappa shape index (κ1) is 17.4. The second-order valence-electron chi connectivity index (χ2n) is 5.14. The van der Waals surface area contributed by atoms with Gasteiger partial charge in [0.1, 0.15) is 11.4 Å². The van der Waals surface area contributed by atoms with Crippen molar-refractivity contribution in [1.29, 1.82) is 0 Å². The molecule has 3 aromatic rings. The minimum absolute atomic E-state index is 0.00143. The number of nitrogens with zero attached hydrogens (tertiary/aromatic N) is 2. The number of fused-ring (bicyclic) bond motifs is 1. The first-order chi connectivity index (χ1) is 11.9. The van der Waals surface area contributed by atoms with E-state index in [0.29, 0.717) is 22.0 Å². The summed E-state index contributed by atoms with van der Waals surface area (Å²) in [7, 11) is 1.38. The molecule has 0 spiro atoms. The van der Waals surface area contributed by atoms with Gasteiger partial charge in [-0.2, -0.15) is 13.2 Å². The maximum absolute atomic E-state index is 13.0. The number of aromatic nitrogens is 2. The zero-order chi connectivity index (χ0) is 18.0. The molecule has 0 aliphatic carbocycles. The van der Waals surface area contributed by atoms with Crippen LogP contribution in [0.4, 0.5) is 13.2 Å². The van der Waals surface area contributed by atoms with Crippen LogP contribution in [0.1, 0.15) is 5.56 Å². The predicted molar refractivity (Wildman–Crippen MR) is 87.5 cm³/mol. The Morgan fingerprint density at radius 2 is 1.76 bits per heavy atom. The van der Waals surface area contributed by atoms with Crippen molar-refractivity contribution >= 4 is 22.4 Å². The standard InChI is InChI=1S/C17H12ClF3N2O2/c1-24-9-25-14-8-10(17(19,20)21)6-7-13(14)15-11-4-2-3-5-12(11)16(18)23-22-15/h2-8H,9H2,1H3. The molecule has 0 unspecified atom stereocenters. The quantitative estimate of drug-likeness (QED) is 0.611. The largest absolute Gasteiger partial charge is 0.467 e. The van der Waals surface area contributed by atoms with Crippen LogP contribution in [0, 0.1) is 0 Å². The molecular formula is C17H12ClF3N2O2. The molecule has 0 N–H and O–H groups in total. The molecule has 1 aromatic heterocycles. The number of rotatable bonds is 4. The van der Waals surface area contributed by atoms with Gasteiger partial charge in [-0.05, 0) is 18.2 Å². The highest BCUT2D eigenvalue weighted by Crippen LogP contribution is 2.39. The van der Waals surface area contributed by atoms with E-state index in [1.165, 1.54) is 13.2 Å². The third-order valence-corrected chi connectivity index (χ3v) is 3.82. The molecule has 3 rings (SSSR count). The van der Waals surface area contributed by atoms with Crippen molar-refractivity contribution in [2.24, 2.45) is 0 Å². The number of hydrogen-bond donors (Lipinski definition) is 0. The van der Waals surface area contributed by atoms with Crippen LogP contribution in [-0.2, 0) is 10.9 Å². The van der Waals surface area contributed by atoms with E-state index in [-0.39, 0.29) is 17.7 Å². The smallest absolute Gasteiger partial charge is 0.416 e. The van der Waals surface area contributed by atoms with Crippen LogP contribution in [-0.4, -0.2) is 24.1 Å². The van der Waals surface area contributed by atoms with Crippen LogP contribution < -0.4 is 4.74 Å². The van der Waals surface area contributed by atoms with Gasteiger partial charge in [0, 0.05) is 23.4 Å². The van der Waals surface area contributed by atoms with E-state index < -0.39 is 11.7 Å². The van der Waals surface area contributed by atoms with E-state index in [0.717, 1.165) is 12.1 Å². The van der Waals surface area contributed by atoms with Gasteiger partial charge in [-0.3, -0.25) is 0 Å². The normalized spacial score (nSPS) is 11.7. The molecule has 8 heteroatoms. The molecule has 0 saturated carbocycles. The molecule has 0 fully saturated rings. The third kappa shape index (κ3) is 3.52. The third-order valence-electron chi connectivity index (χ3n) is 3.54. The Hall–Kier alpha value is -2.38. The van der Waals surface area contributed by atoms with E-state index in [9.17, 15) is 13.2 Å². The Morgan fingerprint density at radius 1 is 1.04 bits per heavy atom. The van der Waals surface area contributed by atoms with Crippen LogP contribution in [0.3, 0.4) is 0 Å². The first-order valence-corrected chi connectivity index (χ1v) is 7.54. The summed E-state index contributed by atoms with van der Waals surface area (Å²) in [6.07, 6.45) is -4.49. The predicted octanol–water partition coefficient (Wildman–Crippen LogP) is 4.95. The van der Waals surface area contributed by atoms with Gasteiger partial charge < -0.3 is 9.47 Å². The molecular weight excluding hydrogens is 357 g/mol. The molecule has 0 aliphatic heterocycles. The molecule has 0 bridgehead atoms. The maximum atomic E-state index is 13.0. The Kier molecular flexibility index (Phi) is 4.78. The van der Waals surface area contributed by atoms with Crippen LogP contribution >= 0.6 is 11.6 Å². The summed E-state index contributed by atoms with van der Waals surface area (Å²) in [5, 5.41) is 9.45. The summed E-state index contributed by atoms with van der Waals surface area (Å²) in [5.41, 5.74) is -0.0844. The second-order valence-corrected chi connectivity index (χ2v) is 5.50. The van der Waals surface area contributed by atoms with Gasteiger partial charge in [-0.1, -0.05) is 35.9 Å². The van der Waals surface area contributed by atoms with Gasteiger partial charge in [0.05, 0.1) is 5.56 Å². The number of benzene rings is 2. The summed E-state index contributed by atoms with van der Waals surface area (Å²) < 4.78 is 49.1. The Bertz CT molecular complexity index is 916. The van der Waals surface area contributed by atoms with Gasteiger partial charge in [0.2, 0.25) is 0 Å². The molecule has 0 radical (unpaired) electrons. The Balaban J connectivity index is 2.21.